The van der Waals surface area contributed by atoms with Crippen molar-refractivity contribution >= 4 is 23.0 Å². The molecule has 19 heavy (non-hydrogen) atoms. The van der Waals surface area contributed by atoms with E-state index in [4.69, 9.17) is 11.5 Å². The second-order valence-electron chi connectivity index (χ2n) is 4.31. The van der Waals surface area contributed by atoms with E-state index in [1.54, 1.807) is 22.9 Å². The Hall–Kier alpha value is -2.50. The summed E-state index contributed by atoms with van der Waals surface area (Å²) in [6.45, 7) is 2.02. The molecule has 0 aliphatic carbocycles. The van der Waals surface area contributed by atoms with Crippen LogP contribution >= 0.6 is 0 Å². The molecule has 0 spiro atoms. The highest BCUT2D eigenvalue weighted by Crippen LogP contribution is 2.25. The largest absolute Gasteiger partial charge is 0.399 e. The smallest absolute Gasteiger partial charge is 0.250 e. The van der Waals surface area contributed by atoms with Crippen LogP contribution in [0.15, 0.2) is 24.4 Å². The third-order valence-electron chi connectivity index (χ3n) is 2.82. The van der Waals surface area contributed by atoms with E-state index in [1.807, 2.05) is 20.2 Å². The van der Waals surface area contributed by atoms with Gasteiger partial charge in [-0.3, -0.25) is 9.48 Å². The van der Waals surface area contributed by atoms with Crippen molar-refractivity contribution in [3.05, 3.63) is 35.7 Å². The summed E-state index contributed by atoms with van der Waals surface area (Å²) in [5, 5.41) is 7.50. The molecule has 5 N–H and O–H groups in total. The average Bonchev–Trinajstić information content (AvgIpc) is 2.69. The van der Waals surface area contributed by atoms with Crippen LogP contribution < -0.4 is 16.8 Å². The average molecular weight is 259 g/mol. The highest BCUT2D eigenvalue weighted by atomic mass is 16.1. The Morgan fingerprint density at radius 3 is 2.79 bits per heavy atom. The third-order valence-corrected chi connectivity index (χ3v) is 2.82. The van der Waals surface area contributed by atoms with Gasteiger partial charge in [0, 0.05) is 18.9 Å². The summed E-state index contributed by atoms with van der Waals surface area (Å²) >= 11 is 0. The molecular formula is C13H17N5O. The first-order valence-electron chi connectivity index (χ1n) is 6.00. The van der Waals surface area contributed by atoms with Crippen molar-refractivity contribution in [2.45, 2.75) is 13.3 Å². The molecule has 0 atom stereocenters. The van der Waals surface area contributed by atoms with Crippen LogP contribution in [0.4, 0.5) is 17.1 Å². The molecule has 1 heterocycles. The van der Waals surface area contributed by atoms with Crippen LogP contribution in [0.3, 0.4) is 0 Å². The molecule has 0 aliphatic rings. The number of amides is 1. The summed E-state index contributed by atoms with van der Waals surface area (Å²) < 4.78 is 1.72. The molecule has 2 rings (SSSR count). The summed E-state index contributed by atoms with van der Waals surface area (Å²) in [5.41, 5.74) is 14.4. The van der Waals surface area contributed by atoms with Gasteiger partial charge >= 0.3 is 0 Å². The van der Waals surface area contributed by atoms with Crippen LogP contribution in [-0.2, 0) is 13.5 Å². The number of nitrogen functional groups attached to an aromatic ring is 1. The zero-order valence-electron chi connectivity index (χ0n) is 11.0. The Labute approximate surface area is 111 Å². The highest BCUT2D eigenvalue weighted by molar-refractivity contribution is 5.99. The number of aromatic nitrogens is 2. The minimum Gasteiger partial charge on any atom is -0.399 e. The van der Waals surface area contributed by atoms with Gasteiger partial charge in [-0.2, -0.15) is 5.10 Å². The van der Waals surface area contributed by atoms with Gasteiger partial charge in [0.25, 0.3) is 5.91 Å². The van der Waals surface area contributed by atoms with Gasteiger partial charge in [0.2, 0.25) is 0 Å². The van der Waals surface area contributed by atoms with E-state index >= 15 is 0 Å². The molecule has 0 radical (unpaired) electrons. The van der Waals surface area contributed by atoms with E-state index in [-0.39, 0.29) is 0 Å². The quantitative estimate of drug-likeness (QED) is 0.723. The molecule has 100 valence electrons. The number of carbonyl (C=O) groups excluding carboxylic acids is 1. The first kappa shape index (κ1) is 12.9. The van der Waals surface area contributed by atoms with E-state index in [0.29, 0.717) is 16.9 Å². The first-order chi connectivity index (χ1) is 9.01. The molecule has 2 aromatic rings. The number of benzene rings is 1. The Morgan fingerprint density at radius 1 is 1.42 bits per heavy atom. The lowest BCUT2D eigenvalue weighted by atomic mass is 10.1. The summed E-state index contributed by atoms with van der Waals surface area (Å²) in [5.74, 6) is -0.496. The van der Waals surface area contributed by atoms with E-state index in [0.717, 1.165) is 17.8 Å². The van der Waals surface area contributed by atoms with Gasteiger partial charge in [-0.15, -0.1) is 0 Å². The number of hydrogen-bond donors (Lipinski definition) is 3. The topological polar surface area (TPSA) is 99.0 Å². The number of rotatable bonds is 4. The molecule has 0 bridgehead atoms. The van der Waals surface area contributed by atoms with Crippen molar-refractivity contribution in [2.75, 3.05) is 11.1 Å². The van der Waals surface area contributed by atoms with Gasteiger partial charge in [0.1, 0.15) is 0 Å². The maximum Gasteiger partial charge on any atom is 0.250 e. The van der Waals surface area contributed by atoms with Crippen molar-refractivity contribution in [3.63, 3.8) is 0 Å². The van der Waals surface area contributed by atoms with Crippen molar-refractivity contribution in [2.24, 2.45) is 12.8 Å². The summed E-state index contributed by atoms with van der Waals surface area (Å²) in [4.78, 5) is 11.4. The monoisotopic (exact) mass is 259 g/mol. The molecule has 0 saturated heterocycles. The van der Waals surface area contributed by atoms with Gasteiger partial charge in [0.15, 0.2) is 0 Å². The summed E-state index contributed by atoms with van der Waals surface area (Å²) in [6, 6.07) is 4.95. The van der Waals surface area contributed by atoms with Crippen LogP contribution in [0.2, 0.25) is 0 Å². The van der Waals surface area contributed by atoms with Crippen molar-refractivity contribution in [1.29, 1.82) is 0 Å². The van der Waals surface area contributed by atoms with E-state index in [2.05, 4.69) is 10.4 Å². The molecular weight excluding hydrogens is 242 g/mol. The lowest BCUT2D eigenvalue weighted by Crippen LogP contribution is -2.13. The fourth-order valence-electron chi connectivity index (χ4n) is 1.93. The number of anilines is 3. The van der Waals surface area contributed by atoms with Gasteiger partial charge < -0.3 is 16.8 Å². The normalized spacial score (nSPS) is 10.4. The predicted octanol–water partition coefficient (Wildman–Crippen LogP) is 1.41. The van der Waals surface area contributed by atoms with Gasteiger partial charge in [-0.25, -0.2) is 0 Å². The van der Waals surface area contributed by atoms with Crippen LogP contribution in [0.5, 0.6) is 0 Å². The molecule has 0 saturated carbocycles. The molecule has 1 aromatic heterocycles. The van der Waals surface area contributed by atoms with Crippen LogP contribution in [-0.4, -0.2) is 15.7 Å². The number of aryl methyl sites for hydroxylation is 2. The molecule has 0 aliphatic heterocycles. The molecule has 6 nitrogen and oxygen atoms in total. The molecule has 0 unspecified atom stereocenters. The Bertz CT molecular complexity index is 617. The van der Waals surface area contributed by atoms with Crippen molar-refractivity contribution < 1.29 is 4.79 Å². The predicted molar refractivity (Wildman–Crippen MR) is 75.2 cm³/mol. The highest BCUT2D eigenvalue weighted by Gasteiger charge is 2.12. The van der Waals surface area contributed by atoms with Gasteiger partial charge in [-0.1, -0.05) is 6.92 Å². The minimum absolute atomic E-state index is 0.403. The van der Waals surface area contributed by atoms with E-state index < -0.39 is 5.91 Å². The first-order valence-corrected chi connectivity index (χ1v) is 6.00. The maximum atomic E-state index is 11.4. The van der Waals surface area contributed by atoms with E-state index in [9.17, 15) is 4.79 Å². The number of primary amides is 1. The number of nitrogens with zero attached hydrogens (tertiary/aromatic N) is 2. The Morgan fingerprint density at radius 2 is 2.16 bits per heavy atom. The summed E-state index contributed by atoms with van der Waals surface area (Å²) in [6.07, 6.45) is 2.64. The fraction of sp³-hybridized carbons (Fsp3) is 0.231. The number of carbonyl (C=O) groups is 1. The molecule has 6 heteroatoms. The SMILES string of the molecule is CCc1nn(C)cc1Nc1cc(N)ccc1C(N)=O. The zero-order chi connectivity index (χ0) is 14.0. The number of hydrogen-bond acceptors (Lipinski definition) is 4. The standard InChI is InChI=1S/C13H17N5O/c1-3-10-12(7-18(2)17-10)16-11-6-8(14)4-5-9(11)13(15)19/h4-7,16H,3,14H2,1-2H3,(H2,15,19). The zero-order valence-corrected chi connectivity index (χ0v) is 11.0. The van der Waals surface area contributed by atoms with E-state index in [1.165, 1.54) is 0 Å². The molecule has 1 aromatic carbocycles. The number of nitrogens with one attached hydrogen (secondary N) is 1. The van der Waals surface area contributed by atoms with Gasteiger partial charge in [0.05, 0.1) is 22.6 Å². The van der Waals surface area contributed by atoms with Crippen LogP contribution in [0, 0.1) is 0 Å². The third kappa shape index (κ3) is 2.67. The lowest BCUT2D eigenvalue weighted by Gasteiger charge is -2.10. The van der Waals surface area contributed by atoms with Crippen LogP contribution in [0.1, 0.15) is 23.0 Å². The molecule has 0 fully saturated rings. The maximum absolute atomic E-state index is 11.4. The Balaban J connectivity index is 2.42. The van der Waals surface area contributed by atoms with Crippen molar-refractivity contribution in [1.82, 2.24) is 9.78 Å². The van der Waals surface area contributed by atoms with Gasteiger partial charge in [-0.05, 0) is 24.6 Å². The van der Waals surface area contributed by atoms with Crippen LogP contribution in [0.25, 0.3) is 0 Å². The fourth-order valence-corrected chi connectivity index (χ4v) is 1.93. The molecule has 1 amide bonds. The minimum atomic E-state index is -0.496. The second kappa shape index (κ2) is 5.01. The lowest BCUT2D eigenvalue weighted by molar-refractivity contribution is 0.100. The van der Waals surface area contributed by atoms with Crippen molar-refractivity contribution in [3.8, 4) is 0 Å². The Kier molecular flexibility index (Phi) is 3.41. The number of nitrogens with two attached hydrogens (primary N) is 2. The summed E-state index contributed by atoms with van der Waals surface area (Å²) in [7, 11) is 1.85. The second-order valence-corrected chi connectivity index (χ2v) is 4.31.